The van der Waals surface area contributed by atoms with E-state index in [4.69, 9.17) is 12.6 Å². The Hall–Kier alpha value is -6.12. The number of benzene rings is 8. The van der Waals surface area contributed by atoms with Gasteiger partial charge in [0.1, 0.15) is 11.2 Å². The van der Waals surface area contributed by atoms with E-state index in [9.17, 15) is 6.85 Å². The highest BCUT2D eigenvalue weighted by Crippen LogP contribution is 2.47. The molecule has 0 amide bonds. The zero-order valence-electron chi connectivity index (χ0n) is 35.2. The first kappa shape index (κ1) is 17.4. The van der Waals surface area contributed by atoms with Crippen molar-refractivity contribution in [3.05, 3.63) is 176 Å². The second-order valence-electron chi connectivity index (χ2n) is 10.9. The summed E-state index contributed by atoms with van der Waals surface area (Å²) >= 11 is 0. The molecule has 216 valence electrons. The number of hydrogen-bond acceptors (Lipinski definition) is 2. The Kier molecular flexibility index (Phi) is 4.08. The van der Waals surface area contributed by atoms with Crippen LogP contribution in [0.15, 0.2) is 180 Å². The minimum atomic E-state index is -0.643. The van der Waals surface area contributed by atoms with Crippen LogP contribution in [0.3, 0.4) is 0 Å². The lowest BCUT2D eigenvalue weighted by Crippen LogP contribution is -2.11. The number of hydrogen-bond donors (Lipinski definition) is 0. The van der Waals surface area contributed by atoms with Crippen LogP contribution < -0.4 is 4.90 Å². The fourth-order valence-corrected chi connectivity index (χ4v) is 6.16. The zero-order chi connectivity index (χ0) is 40.0. The molecule has 8 aromatic carbocycles. The molecule has 0 aliphatic rings. The van der Waals surface area contributed by atoms with Gasteiger partial charge < -0.3 is 9.32 Å². The van der Waals surface area contributed by atoms with Gasteiger partial charge in [0, 0.05) is 32.8 Å². The van der Waals surface area contributed by atoms with Crippen LogP contribution in [0.5, 0.6) is 0 Å². The van der Waals surface area contributed by atoms with Crippen molar-refractivity contribution < 1.29 is 19.5 Å². The minimum absolute atomic E-state index is 0.0463. The Balaban J connectivity index is 1.45. The van der Waals surface area contributed by atoms with Gasteiger partial charge in [-0.1, -0.05) is 139 Å². The Labute approximate surface area is 282 Å². The van der Waals surface area contributed by atoms with Gasteiger partial charge in [-0.15, -0.1) is 0 Å². The highest BCUT2D eigenvalue weighted by molar-refractivity contribution is 6.20. The maximum absolute atomic E-state index is 9.52. The van der Waals surface area contributed by atoms with E-state index in [0.29, 0.717) is 27.9 Å². The SMILES string of the molecule is [2H]c1c([2H])c(N(c2ccccc2-c2cccc3oc4c5ccccc5ccc4c23)c2c([2H])c([2H])c([2H])c3c([2H])c([2H])c([2H])c([2H])c23)c([2H])c([2H])c1-c1ccccc1. The summed E-state index contributed by atoms with van der Waals surface area (Å²) in [7, 11) is 0. The molecule has 0 radical (unpaired) electrons. The van der Waals surface area contributed by atoms with E-state index in [2.05, 4.69) is 0 Å². The average molecular weight is 599 g/mol. The molecular formula is C44H29NO. The molecule has 0 aliphatic heterocycles. The first-order chi connectivity index (χ1) is 27.4. The van der Waals surface area contributed by atoms with Crippen molar-refractivity contribution in [2.75, 3.05) is 4.90 Å². The van der Waals surface area contributed by atoms with Crippen LogP contribution in [0, 0.1) is 0 Å². The lowest BCUT2D eigenvalue weighted by Gasteiger charge is -2.29. The molecule has 0 spiro atoms. The maximum atomic E-state index is 9.52. The van der Waals surface area contributed by atoms with Gasteiger partial charge >= 0.3 is 0 Å². The largest absolute Gasteiger partial charge is 0.455 e. The summed E-state index contributed by atoms with van der Waals surface area (Å²) in [6.45, 7) is 0. The van der Waals surface area contributed by atoms with Crippen molar-refractivity contribution >= 4 is 60.5 Å². The highest BCUT2D eigenvalue weighted by Gasteiger charge is 2.22. The fraction of sp³-hybridized carbons (Fsp3) is 0. The minimum Gasteiger partial charge on any atom is -0.455 e. The first-order valence-electron chi connectivity index (χ1n) is 20.3. The number of anilines is 3. The lowest BCUT2D eigenvalue weighted by molar-refractivity contribution is 0.673. The van der Waals surface area contributed by atoms with Crippen LogP contribution in [-0.2, 0) is 0 Å². The van der Waals surface area contributed by atoms with Crippen molar-refractivity contribution in [1.82, 2.24) is 0 Å². The molecule has 1 heterocycles. The topological polar surface area (TPSA) is 16.4 Å². The third-order valence-electron chi connectivity index (χ3n) is 8.24. The van der Waals surface area contributed by atoms with Crippen LogP contribution in [0.2, 0.25) is 0 Å². The van der Waals surface area contributed by atoms with Gasteiger partial charge in [-0.25, -0.2) is 0 Å². The molecule has 0 bridgehead atoms. The summed E-state index contributed by atoms with van der Waals surface area (Å²) in [6, 6.07) is 26.9. The summed E-state index contributed by atoms with van der Waals surface area (Å²) in [6.07, 6.45) is 0. The van der Waals surface area contributed by atoms with E-state index in [0.717, 1.165) is 21.5 Å². The summed E-state index contributed by atoms with van der Waals surface area (Å²) in [4.78, 5) is 1.30. The van der Waals surface area contributed by atoms with Gasteiger partial charge in [0.15, 0.2) is 0 Å². The maximum Gasteiger partial charge on any atom is 0.143 e. The molecule has 46 heavy (non-hydrogen) atoms. The van der Waals surface area contributed by atoms with Gasteiger partial charge in [-0.3, -0.25) is 0 Å². The van der Waals surface area contributed by atoms with Crippen molar-refractivity contribution in [3.63, 3.8) is 0 Å². The van der Waals surface area contributed by atoms with E-state index in [1.54, 1.807) is 54.6 Å². The summed E-state index contributed by atoms with van der Waals surface area (Å²) in [5.41, 5.74) is 2.51. The summed E-state index contributed by atoms with van der Waals surface area (Å²) < 4.78 is 106. The quantitative estimate of drug-likeness (QED) is 0.196. The standard InChI is InChI=1S/C44H29NO/c1-2-12-30(13-3-1)31-24-27-34(28-25-31)45(40-22-10-16-32-14-4-6-17-35(32)40)41-21-9-8-19-37(41)38-20-11-23-42-43(38)39-29-26-33-15-5-7-18-36(33)44(39)46-42/h1-29H/i4D,6D,10D,14D,16D,17D,22D,24D,25D,27D,28D. The Morgan fingerprint density at radius 2 is 1.22 bits per heavy atom. The number of furan rings is 1. The first-order valence-corrected chi connectivity index (χ1v) is 14.8. The average Bonchev–Trinajstić information content (AvgIpc) is 3.63. The van der Waals surface area contributed by atoms with Crippen molar-refractivity contribution in [2.45, 2.75) is 0 Å². The molecule has 9 aromatic rings. The lowest BCUT2D eigenvalue weighted by atomic mass is 9.95. The van der Waals surface area contributed by atoms with E-state index in [1.807, 2.05) is 54.6 Å². The van der Waals surface area contributed by atoms with Crippen molar-refractivity contribution in [1.29, 1.82) is 0 Å². The predicted molar refractivity (Wildman–Crippen MR) is 194 cm³/mol. The number of fused-ring (bicyclic) bond motifs is 6. The van der Waals surface area contributed by atoms with Crippen LogP contribution in [0.4, 0.5) is 17.1 Å². The van der Waals surface area contributed by atoms with Crippen molar-refractivity contribution in [3.8, 4) is 22.3 Å². The van der Waals surface area contributed by atoms with Gasteiger partial charge in [-0.05, 0) is 63.8 Å². The van der Waals surface area contributed by atoms with Crippen LogP contribution in [-0.4, -0.2) is 0 Å². The zero-order valence-corrected chi connectivity index (χ0v) is 24.2. The molecule has 1 aromatic heterocycles. The van der Waals surface area contributed by atoms with Gasteiger partial charge in [0.05, 0.1) is 26.5 Å². The van der Waals surface area contributed by atoms with E-state index < -0.39 is 54.4 Å². The Morgan fingerprint density at radius 3 is 2.13 bits per heavy atom. The molecule has 0 N–H and O–H groups in total. The predicted octanol–water partition coefficient (Wildman–Crippen LogP) is 12.7. The molecule has 0 unspecified atom stereocenters. The van der Waals surface area contributed by atoms with Crippen LogP contribution in [0.1, 0.15) is 15.1 Å². The van der Waals surface area contributed by atoms with Gasteiger partial charge in [0.2, 0.25) is 0 Å². The smallest absolute Gasteiger partial charge is 0.143 e. The van der Waals surface area contributed by atoms with Crippen LogP contribution >= 0.6 is 0 Å². The molecular weight excluding hydrogens is 558 g/mol. The van der Waals surface area contributed by atoms with E-state index >= 15 is 0 Å². The third kappa shape index (κ3) is 4.27. The second-order valence-corrected chi connectivity index (χ2v) is 10.9. The third-order valence-corrected chi connectivity index (χ3v) is 8.24. The van der Waals surface area contributed by atoms with Gasteiger partial charge in [0.25, 0.3) is 0 Å². The monoisotopic (exact) mass is 598 g/mol. The van der Waals surface area contributed by atoms with E-state index in [1.165, 1.54) is 4.90 Å². The Morgan fingerprint density at radius 1 is 0.457 bits per heavy atom. The van der Waals surface area contributed by atoms with E-state index in [-0.39, 0.29) is 45.5 Å². The number of rotatable bonds is 5. The molecule has 2 heteroatoms. The van der Waals surface area contributed by atoms with Crippen molar-refractivity contribution in [2.24, 2.45) is 0 Å². The van der Waals surface area contributed by atoms with Gasteiger partial charge in [-0.2, -0.15) is 0 Å². The molecule has 0 saturated carbocycles. The number of nitrogens with zero attached hydrogens (tertiary/aromatic N) is 1. The molecule has 9 rings (SSSR count). The molecule has 2 nitrogen and oxygen atoms in total. The highest BCUT2D eigenvalue weighted by atomic mass is 16.3. The second kappa shape index (κ2) is 10.8. The molecule has 0 fully saturated rings. The Bertz CT molecular complexity index is 3120. The number of para-hydroxylation sites is 1. The molecule has 0 aliphatic carbocycles. The molecule has 0 atom stereocenters. The molecule has 0 saturated heterocycles. The summed E-state index contributed by atoms with van der Waals surface area (Å²) in [5, 5.41) is 2.86. The van der Waals surface area contributed by atoms with Crippen LogP contribution in [0.25, 0.3) is 65.7 Å². The normalized spacial score (nSPS) is 14.8. The summed E-state index contributed by atoms with van der Waals surface area (Å²) in [5.74, 6) is 0. The fourth-order valence-electron chi connectivity index (χ4n) is 6.16.